The minimum Gasteiger partial charge on any atom is -0.309 e. The molecule has 0 aliphatic heterocycles. The van der Waals surface area contributed by atoms with Crippen LogP contribution in [0.15, 0.2) is 170 Å². The Morgan fingerprint density at radius 1 is 0.356 bits per heavy atom. The molecule has 210 valence electrons. The number of para-hydroxylation sites is 1. The fourth-order valence-electron chi connectivity index (χ4n) is 7.11. The molecule has 0 atom stereocenters. The van der Waals surface area contributed by atoms with E-state index in [2.05, 4.69) is 167 Å². The third-order valence-corrected chi connectivity index (χ3v) is 9.06. The lowest BCUT2D eigenvalue weighted by atomic mass is 9.85. The molecule has 45 heavy (non-hydrogen) atoms. The van der Waals surface area contributed by atoms with Gasteiger partial charge in [0.1, 0.15) is 0 Å². The standard InChI is InChI=1S/C43H28N2/c1-3-12-29(13-4-1)42-35-19-7-8-20-36(35)43(30-14-5-2-6-15-30)38-27-32(22-23-37(38)42)31-16-11-17-33(26-31)45-40-21-10-9-18-34(40)39-28-44-25-24-41(39)45/h1-28H. The third-order valence-electron chi connectivity index (χ3n) is 9.06. The molecule has 9 rings (SSSR count). The lowest BCUT2D eigenvalue weighted by molar-refractivity contribution is 1.17. The minimum absolute atomic E-state index is 1.14. The SMILES string of the molecule is c1ccc(-c2c3ccccc3c(-c3ccccc3)c3cc(-c4cccc(-n5c6ccccc6c6cnccc65)c4)ccc23)cc1. The van der Waals surface area contributed by atoms with Crippen molar-refractivity contribution in [2.75, 3.05) is 0 Å². The first-order valence-corrected chi connectivity index (χ1v) is 15.4. The average molecular weight is 573 g/mol. The molecule has 0 unspecified atom stereocenters. The molecule has 0 bridgehead atoms. The van der Waals surface area contributed by atoms with Gasteiger partial charge in [0.15, 0.2) is 0 Å². The van der Waals surface area contributed by atoms with E-state index in [1.165, 1.54) is 65.8 Å². The van der Waals surface area contributed by atoms with Crippen molar-refractivity contribution < 1.29 is 0 Å². The number of hydrogen-bond acceptors (Lipinski definition) is 1. The number of benzene rings is 7. The van der Waals surface area contributed by atoms with Gasteiger partial charge < -0.3 is 4.57 Å². The maximum Gasteiger partial charge on any atom is 0.0571 e. The van der Waals surface area contributed by atoms with Gasteiger partial charge in [0.2, 0.25) is 0 Å². The second kappa shape index (κ2) is 10.3. The Labute approximate surface area is 261 Å². The van der Waals surface area contributed by atoms with E-state index in [1.54, 1.807) is 0 Å². The maximum atomic E-state index is 4.43. The monoisotopic (exact) mass is 572 g/mol. The zero-order chi connectivity index (χ0) is 29.7. The van der Waals surface area contributed by atoms with Crippen molar-refractivity contribution in [3.8, 4) is 39.1 Å². The Morgan fingerprint density at radius 2 is 0.911 bits per heavy atom. The summed E-state index contributed by atoms with van der Waals surface area (Å²) < 4.78 is 2.35. The Kier molecular flexibility index (Phi) is 5.85. The van der Waals surface area contributed by atoms with Gasteiger partial charge in [0, 0.05) is 28.9 Å². The largest absolute Gasteiger partial charge is 0.309 e. The second-order valence-corrected chi connectivity index (χ2v) is 11.6. The molecular weight excluding hydrogens is 544 g/mol. The quantitative estimate of drug-likeness (QED) is 0.192. The third kappa shape index (κ3) is 4.07. The zero-order valence-corrected chi connectivity index (χ0v) is 24.6. The first kappa shape index (κ1) is 25.5. The number of nitrogens with zero attached hydrogens (tertiary/aromatic N) is 2. The summed E-state index contributed by atoms with van der Waals surface area (Å²) in [6.45, 7) is 0. The molecule has 0 saturated carbocycles. The molecule has 2 heteroatoms. The van der Waals surface area contributed by atoms with Crippen LogP contribution in [0.25, 0.3) is 82.4 Å². The number of hydrogen-bond donors (Lipinski definition) is 0. The molecule has 0 spiro atoms. The lowest BCUT2D eigenvalue weighted by Gasteiger charge is -2.19. The summed E-state index contributed by atoms with van der Waals surface area (Å²) in [5, 5.41) is 7.42. The van der Waals surface area contributed by atoms with Gasteiger partial charge >= 0.3 is 0 Å². The zero-order valence-electron chi connectivity index (χ0n) is 24.6. The highest BCUT2D eigenvalue weighted by molar-refractivity contribution is 6.22. The topological polar surface area (TPSA) is 17.8 Å². The van der Waals surface area contributed by atoms with Crippen LogP contribution in [0.5, 0.6) is 0 Å². The van der Waals surface area contributed by atoms with Crippen LogP contribution in [0.4, 0.5) is 0 Å². The Morgan fingerprint density at radius 3 is 1.64 bits per heavy atom. The summed E-state index contributed by atoms with van der Waals surface area (Å²) in [5.74, 6) is 0. The highest BCUT2D eigenvalue weighted by atomic mass is 15.0. The fraction of sp³-hybridized carbons (Fsp3) is 0. The van der Waals surface area contributed by atoms with Gasteiger partial charge in [0.25, 0.3) is 0 Å². The van der Waals surface area contributed by atoms with Crippen LogP contribution in [0.3, 0.4) is 0 Å². The van der Waals surface area contributed by atoms with Gasteiger partial charge in [0.05, 0.1) is 11.0 Å². The highest BCUT2D eigenvalue weighted by Gasteiger charge is 2.18. The Hall–Kier alpha value is -5.99. The molecule has 9 aromatic rings. The van der Waals surface area contributed by atoms with E-state index in [-0.39, 0.29) is 0 Å². The summed E-state index contributed by atoms with van der Waals surface area (Å²) >= 11 is 0. The van der Waals surface area contributed by atoms with E-state index in [0.29, 0.717) is 0 Å². The average Bonchev–Trinajstić information content (AvgIpc) is 3.45. The van der Waals surface area contributed by atoms with Gasteiger partial charge in [-0.15, -0.1) is 0 Å². The summed E-state index contributed by atoms with van der Waals surface area (Å²) in [5.41, 5.74) is 10.9. The Balaban J connectivity index is 1.32. The molecule has 0 amide bonds. The molecule has 0 saturated heterocycles. The lowest BCUT2D eigenvalue weighted by Crippen LogP contribution is -1.95. The van der Waals surface area contributed by atoms with E-state index >= 15 is 0 Å². The highest BCUT2D eigenvalue weighted by Crippen LogP contribution is 2.45. The molecule has 0 N–H and O–H groups in total. The van der Waals surface area contributed by atoms with Crippen LogP contribution in [-0.4, -0.2) is 9.55 Å². The van der Waals surface area contributed by atoms with Crippen molar-refractivity contribution in [3.63, 3.8) is 0 Å². The predicted molar refractivity (Wildman–Crippen MR) is 190 cm³/mol. The molecule has 0 aliphatic carbocycles. The van der Waals surface area contributed by atoms with E-state index in [1.807, 2.05) is 12.4 Å². The molecule has 0 fully saturated rings. The van der Waals surface area contributed by atoms with Crippen molar-refractivity contribution in [2.24, 2.45) is 0 Å². The van der Waals surface area contributed by atoms with E-state index in [0.717, 1.165) is 16.6 Å². The van der Waals surface area contributed by atoms with Crippen molar-refractivity contribution in [3.05, 3.63) is 170 Å². The molecule has 0 aliphatic rings. The van der Waals surface area contributed by atoms with Crippen molar-refractivity contribution in [2.45, 2.75) is 0 Å². The molecule has 2 aromatic heterocycles. The smallest absolute Gasteiger partial charge is 0.0571 e. The summed E-state index contributed by atoms with van der Waals surface area (Å²) in [6.07, 6.45) is 3.85. The molecule has 2 nitrogen and oxygen atoms in total. The predicted octanol–water partition coefficient (Wildman–Crippen LogP) is 11.5. The van der Waals surface area contributed by atoms with Crippen LogP contribution < -0.4 is 0 Å². The fourth-order valence-corrected chi connectivity index (χ4v) is 7.11. The summed E-state index contributed by atoms with van der Waals surface area (Å²) in [6, 6.07) is 57.1. The van der Waals surface area contributed by atoms with Crippen LogP contribution in [-0.2, 0) is 0 Å². The molecule has 0 radical (unpaired) electrons. The summed E-state index contributed by atoms with van der Waals surface area (Å²) in [7, 11) is 0. The van der Waals surface area contributed by atoms with Crippen LogP contribution in [0.2, 0.25) is 0 Å². The van der Waals surface area contributed by atoms with Crippen molar-refractivity contribution >= 4 is 43.4 Å². The number of rotatable bonds is 4. The molecule has 7 aromatic carbocycles. The molecule has 2 heterocycles. The van der Waals surface area contributed by atoms with Gasteiger partial charge in [-0.25, -0.2) is 0 Å². The molecular formula is C43H28N2. The maximum absolute atomic E-state index is 4.43. The van der Waals surface area contributed by atoms with Crippen LogP contribution in [0.1, 0.15) is 0 Å². The second-order valence-electron chi connectivity index (χ2n) is 11.6. The number of pyridine rings is 1. The van der Waals surface area contributed by atoms with Crippen molar-refractivity contribution in [1.82, 2.24) is 9.55 Å². The van der Waals surface area contributed by atoms with E-state index in [4.69, 9.17) is 0 Å². The normalized spacial score (nSPS) is 11.6. The first-order valence-electron chi connectivity index (χ1n) is 15.4. The van der Waals surface area contributed by atoms with Crippen molar-refractivity contribution in [1.29, 1.82) is 0 Å². The van der Waals surface area contributed by atoms with Crippen LogP contribution in [0, 0.1) is 0 Å². The number of fused-ring (bicyclic) bond motifs is 5. The van der Waals surface area contributed by atoms with E-state index in [9.17, 15) is 0 Å². The Bertz CT molecular complexity index is 2470. The van der Waals surface area contributed by atoms with Gasteiger partial charge in [-0.3, -0.25) is 4.98 Å². The first-order chi connectivity index (χ1) is 22.3. The minimum atomic E-state index is 1.14. The number of aromatic nitrogens is 2. The van der Waals surface area contributed by atoms with Gasteiger partial charge in [-0.05, 0) is 85.3 Å². The summed E-state index contributed by atoms with van der Waals surface area (Å²) in [4.78, 5) is 4.43. The van der Waals surface area contributed by atoms with Crippen LogP contribution >= 0.6 is 0 Å². The van der Waals surface area contributed by atoms with Gasteiger partial charge in [-0.2, -0.15) is 0 Å². The van der Waals surface area contributed by atoms with Gasteiger partial charge in [-0.1, -0.05) is 127 Å². The van der Waals surface area contributed by atoms with E-state index < -0.39 is 0 Å².